The largest absolute Gasteiger partial charge is 0.322 e. The topological polar surface area (TPSA) is 72.7 Å². The van der Waals surface area contributed by atoms with E-state index in [-0.39, 0.29) is 6.54 Å². The number of anilines is 1. The van der Waals surface area contributed by atoms with Crippen LogP contribution < -0.4 is 5.32 Å². The van der Waals surface area contributed by atoms with Crippen molar-refractivity contribution in [2.45, 2.75) is 6.54 Å². The number of hydrogen-bond acceptors (Lipinski definition) is 5. The lowest BCUT2D eigenvalue weighted by Gasteiger charge is -2.06. The Balaban J connectivity index is 1.69. The number of hydrogen-bond donors (Lipinski definition) is 1. The highest BCUT2D eigenvalue weighted by molar-refractivity contribution is 7.08. The van der Waals surface area contributed by atoms with Crippen molar-refractivity contribution in [3.05, 3.63) is 46.4 Å². The second kappa shape index (κ2) is 6.16. The van der Waals surface area contributed by atoms with Gasteiger partial charge in [-0.3, -0.25) is 4.79 Å². The molecule has 0 radical (unpaired) electrons. The summed E-state index contributed by atoms with van der Waals surface area (Å²) in [7, 11) is 0. The molecule has 0 bridgehead atoms. The van der Waals surface area contributed by atoms with Gasteiger partial charge in [-0.15, -0.1) is 10.2 Å². The Morgan fingerprint density at radius 1 is 1.22 bits per heavy atom. The molecule has 0 aliphatic carbocycles. The van der Waals surface area contributed by atoms with E-state index in [9.17, 15) is 18.0 Å². The smallest absolute Gasteiger partial charge is 0.248 e. The fourth-order valence-electron chi connectivity index (χ4n) is 1.76. The Bertz CT molecular complexity index is 849. The summed E-state index contributed by atoms with van der Waals surface area (Å²) in [5, 5.41) is 17.3. The van der Waals surface area contributed by atoms with Crippen molar-refractivity contribution in [1.29, 1.82) is 0 Å². The summed E-state index contributed by atoms with van der Waals surface area (Å²) >= 11 is 1.46. The third-order valence-corrected chi connectivity index (χ3v) is 3.51. The van der Waals surface area contributed by atoms with Crippen molar-refractivity contribution >= 4 is 22.9 Å². The summed E-state index contributed by atoms with van der Waals surface area (Å²) in [4.78, 5) is 12.8. The molecule has 2 heterocycles. The molecule has 1 aromatic carbocycles. The van der Waals surface area contributed by atoms with Gasteiger partial charge in [-0.1, -0.05) is 0 Å². The van der Waals surface area contributed by atoms with Crippen molar-refractivity contribution < 1.29 is 18.0 Å². The van der Waals surface area contributed by atoms with Gasteiger partial charge in [0.25, 0.3) is 0 Å². The second-order valence-electron chi connectivity index (χ2n) is 4.43. The summed E-state index contributed by atoms with van der Waals surface area (Å²) in [6, 6.07) is 3.44. The first-order chi connectivity index (χ1) is 11.0. The molecule has 6 nitrogen and oxygen atoms in total. The van der Waals surface area contributed by atoms with Crippen LogP contribution in [-0.4, -0.2) is 26.1 Å². The molecule has 23 heavy (non-hydrogen) atoms. The zero-order valence-corrected chi connectivity index (χ0v) is 12.1. The number of carbonyl (C=O) groups excluding carboxylic acids is 1. The van der Waals surface area contributed by atoms with Crippen molar-refractivity contribution in [1.82, 2.24) is 20.2 Å². The van der Waals surface area contributed by atoms with Crippen LogP contribution in [-0.2, 0) is 11.3 Å². The van der Waals surface area contributed by atoms with Crippen LogP contribution in [0, 0.1) is 17.5 Å². The first kappa shape index (κ1) is 15.2. The van der Waals surface area contributed by atoms with E-state index in [1.165, 1.54) is 11.3 Å². The van der Waals surface area contributed by atoms with Crippen LogP contribution in [0.3, 0.4) is 0 Å². The first-order valence-corrected chi connectivity index (χ1v) is 7.22. The molecule has 118 valence electrons. The Kier molecular flexibility index (Phi) is 4.06. The Morgan fingerprint density at radius 2 is 2.04 bits per heavy atom. The van der Waals surface area contributed by atoms with Crippen molar-refractivity contribution in [3.63, 3.8) is 0 Å². The van der Waals surface area contributed by atoms with Gasteiger partial charge in [0.2, 0.25) is 11.7 Å². The van der Waals surface area contributed by atoms with Gasteiger partial charge in [-0.25, -0.2) is 13.2 Å². The average Bonchev–Trinajstić information content (AvgIpc) is 3.19. The number of nitrogens with zero attached hydrogens (tertiary/aromatic N) is 4. The van der Waals surface area contributed by atoms with Crippen molar-refractivity contribution in [2.75, 3.05) is 5.32 Å². The molecule has 1 amide bonds. The summed E-state index contributed by atoms with van der Waals surface area (Å²) in [5.41, 5.74) is 0.292. The second-order valence-corrected chi connectivity index (χ2v) is 5.21. The van der Waals surface area contributed by atoms with Gasteiger partial charge in [-0.05, 0) is 28.8 Å². The zero-order chi connectivity index (χ0) is 16.4. The molecule has 0 aliphatic heterocycles. The van der Waals surface area contributed by atoms with Gasteiger partial charge in [0.05, 0.1) is 5.69 Å². The maximum atomic E-state index is 13.5. The molecule has 2 aromatic heterocycles. The number of tetrazole rings is 1. The van der Waals surface area contributed by atoms with Crippen LogP contribution in [0.2, 0.25) is 0 Å². The first-order valence-electron chi connectivity index (χ1n) is 6.28. The molecule has 0 fully saturated rings. The normalized spacial score (nSPS) is 10.7. The number of nitrogens with one attached hydrogen (secondary N) is 1. The Labute approximate surface area is 131 Å². The van der Waals surface area contributed by atoms with E-state index in [0.29, 0.717) is 5.82 Å². The summed E-state index contributed by atoms with van der Waals surface area (Å²) < 4.78 is 39.4. The number of benzene rings is 1. The van der Waals surface area contributed by atoms with Crippen molar-refractivity contribution in [2.24, 2.45) is 0 Å². The minimum absolute atomic E-state index is 0.345. The Hall–Kier alpha value is -2.75. The van der Waals surface area contributed by atoms with Crippen LogP contribution >= 0.6 is 11.3 Å². The van der Waals surface area contributed by atoms with Gasteiger partial charge in [0.15, 0.2) is 17.5 Å². The highest BCUT2D eigenvalue weighted by Crippen LogP contribution is 2.20. The molecule has 0 atom stereocenters. The van der Waals surface area contributed by atoms with E-state index >= 15 is 0 Å². The SMILES string of the molecule is O=C(Cn1nnc(-c2ccsc2)n1)Nc1ccc(F)c(F)c1F. The highest BCUT2D eigenvalue weighted by atomic mass is 32.1. The third-order valence-electron chi connectivity index (χ3n) is 2.83. The molecule has 0 saturated heterocycles. The summed E-state index contributed by atoms with van der Waals surface area (Å²) in [6.07, 6.45) is 0. The lowest BCUT2D eigenvalue weighted by Crippen LogP contribution is -2.21. The van der Waals surface area contributed by atoms with Crippen molar-refractivity contribution in [3.8, 4) is 11.4 Å². The number of aromatic nitrogens is 4. The molecule has 0 saturated carbocycles. The van der Waals surface area contributed by atoms with Crippen LogP contribution in [0.4, 0.5) is 18.9 Å². The summed E-state index contributed by atoms with van der Waals surface area (Å²) in [5.74, 6) is -4.81. The van der Waals surface area contributed by atoms with E-state index in [1.54, 1.807) is 6.07 Å². The monoisotopic (exact) mass is 339 g/mol. The van der Waals surface area contributed by atoms with E-state index in [4.69, 9.17) is 0 Å². The van der Waals surface area contributed by atoms with E-state index < -0.39 is 29.0 Å². The molecule has 3 aromatic rings. The lowest BCUT2D eigenvalue weighted by atomic mass is 10.3. The summed E-state index contributed by atoms with van der Waals surface area (Å²) in [6.45, 7) is -0.352. The average molecular weight is 339 g/mol. The molecular formula is C13H8F3N5OS. The van der Waals surface area contributed by atoms with Crippen LogP contribution in [0.25, 0.3) is 11.4 Å². The highest BCUT2D eigenvalue weighted by Gasteiger charge is 2.16. The third kappa shape index (κ3) is 3.21. The lowest BCUT2D eigenvalue weighted by molar-refractivity contribution is -0.117. The fraction of sp³-hybridized carbons (Fsp3) is 0.0769. The molecular weight excluding hydrogens is 331 g/mol. The molecule has 1 N–H and O–H groups in total. The zero-order valence-electron chi connectivity index (χ0n) is 11.3. The molecule has 0 aliphatic rings. The minimum Gasteiger partial charge on any atom is -0.322 e. The van der Waals surface area contributed by atoms with E-state index in [2.05, 4.69) is 20.7 Å². The maximum Gasteiger partial charge on any atom is 0.248 e. The molecule has 10 heteroatoms. The van der Waals surface area contributed by atoms with Gasteiger partial charge in [0.1, 0.15) is 6.54 Å². The predicted octanol–water partition coefficient (Wildman–Crippen LogP) is 2.46. The quantitative estimate of drug-likeness (QED) is 0.741. The molecule has 0 unspecified atom stereocenters. The minimum atomic E-state index is -1.65. The van der Waals surface area contributed by atoms with E-state index in [0.717, 1.165) is 22.5 Å². The number of carbonyl (C=O) groups is 1. The van der Waals surface area contributed by atoms with Gasteiger partial charge >= 0.3 is 0 Å². The van der Waals surface area contributed by atoms with Crippen LogP contribution in [0.5, 0.6) is 0 Å². The van der Waals surface area contributed by atoms with Gasteiger partial charge in [-0.2, -0.15) is 16.1 Å². The number of rotatable bonds is 4. The number of thiophene rings is 1. The predicted molar refractivity (Wildman–Crippen MR) is 76.1 cm³/mol. The fourth-order valence-corrected chi connectivity index (χ4v) is 2.39. The maximum absolute atomic E-state index is 13.5. The standard InChI is InChI=1S/C13H8F3N5OS/c14-8-1-2-9(12(16)11(8)15)17-10(22)5-21-19-13(18-20-21)7-3-4-23-6-7/h1-4,6H,5H2,(H,17,22). The molecule has 0 spiro atoms. The van der Waals surface area contributed by atoms with E-state index in [1.807, 2.05) is 10.8 Å². The molecule has 3 rings (SSSR count). The van der Waals surface area contributed by atoms with Gasteiger partial charge in [0, 0.05) is 10.9 Å². The van der Waals surface area contributed by atoms with Crippen LogP contribution in [0.15, 0.2) is 29.0 Å². The number of amides is 1. The Morgan fingerprint density at radius 3 is 2.78 bits per heavy atom. The van der Waals surface area contributed by atoms with Gasteiger partial charge < -0.3 is 5.32 Å². The van der Waals surface area contributed by atoms with Crippen LogP contribution in [0.1, 0.15) is 0 Å². The number of halogens is 3.